The molecule has 2 N–H and O–H groups in total. The van der Waals surface area contributed by atoms with E-state index >= 15 is 0 Å². The van der Waals surface area contributed by atoms with Crippen molar-refractivity contribution in [2.75, 3.05) is 5.32 Å². The Labute approximate surface area is 175 Å². The molecule has 3 heteroatoms. The van der Waals surface area contributed by atoms with E-state index < -0.39 is 5.97 Å². The molecule has 3 nitrogen and oxygen atoms in total. The van der Waals surface area contributed by atoms with Crippen molar-refractivity contribution in [3.8, 4) is 0 Å². The molecule has 4 aromatic rings. The number of rotatable bonds is 2. The molecule has 1 aliphatic carbocycles. The molecule has 0 spiro atoms. The monoisotopic (exact) mass is 391 g/mol. The van der Waals surface area contributed by atoms with Crippen LogP contribution in [-0.2, 0) is 6.42 Å². The van der Waals surface area contributed by atoms with Crippen molar-refractivity contribution >= 4 is 22.4 Å². The summed E-state index contributed by atoms with van der Waals surface area (Å²) in [5.74, 6) is -0.355. The van der Waals surface area contributed by atoms with E-state index in [9.17, 15) is 9.90 Å². The van der Waals surface area contributed by atoms with Gasteiger partial charge in [-0.05, 0) is 51.4 Å². The van der Waals surface area contributed by atoms with Crippen LogP contribution in [0.25, 0.3) is 10.8 Å². The Kier molecular flexibility index (Phi) is 3.72. The minimum Gasteiger partial charge on any atom is -0.478 e. The van der Waals surface area contributed by atoms with Gasteiger partial charge in [-0.25, -0.2) is 4.79 Å². The zero-order chi connectivity index (χ0) is 20.2. The number of aromatic carboxylic acids is 1. The molecular weight excluding hydrogens is 370 g/mol. The van der Waals surface area contributed by atoms with Crippen LogP contribution in [0.5, 0.6) is 0 Å². The molecular formula is C27H21NO2. The molecule has 0 radical (unpaired) electrons. The Bertz CT molecular complexity index is 1300. The third kappa shape index (κ3) is 2.42. The van der Waals surface area contributed by atoms with Gasteiger partial charge in [0.05, 0.1) is 17.3 Å². The predicted octanol–water partition coefficient (Wildman–Crippen LogP) is 6.01. The number of hydrogen-bond donors (Lipinski definition) is 2. The lowest BCUT2D eigenvalue weighted by molar-refractivity contribution is 0.0697. The van der Waals surface area contributed by atoms with Crippen LogP contribution >= 0.6 is 0 Å². The third-order valence-electron chi connectivity index (χ3n) is 6.82. The summed E-state index contributed by atoms with van der Waals surface area (Å²) in [5.41, 5.74) is 6.15. The second-order valence-corrected chi connectivity index (χ2v) is 8.31. The third-order valence-corrected chi connectivity index (χ3v) is 6.82. The quantitative estimate of drug-likeness (QED) is 0.440. The number of carboxylic acid groups (broad SMARTS) is 1. The van der Waals surface area contributed by atoms with Crippen LogP contribution in [0.3, 0.4) is 0 Å². The fourth-order valence-electron chi connectivity index (χ4n) is 5.60. The minimum absolute atomic E-state index is 0.0431. The summed E-state index contributed by atoms with van der Waals surface area (Å²) < 4.78 is 0. The lowest BCUT2D eigenvalue weighted by Crippen LogP contribution is -2.31. The summed E-state index contributed by atoms with van der Waals surface area (Å²) in [7, 11) is 0. The van der Waals surface area contributed by atoms with E-state index in [0.717, 1.165) is 17.7 Å². The lowest BCUT2D eigenvalue weighted by atomic mass is 9.74. The highest BCUT2D eigenvalue weighted by Crippen LogP contribution is 2.55. The Morgan fingerprint density at radius 2 is 1.50 bits per heavy atom. The highest BCUT2D eigenvalue weighted by Gasteiger charge is 2.44. The van der Waals surface area contributed by atoms with E-state index in [2.05, 4.69) is 78.1 Å². The highest BCUT2D eigenvalue weighted by molar-refractivity contribution is 5.96. The van der Waals surface area contributed by atoms with E-state index in [-0.39, 0.29) is 12.0 Å². The van der Waals surface area contributed by atoms with Crippen LogP contribution in [0.1, 0.15) is 44.6 Å². The summed E-state index contributed by atoms with van der Waals surface area (Å²) in [5, 5.41) is 16.0. The zero-order valence-corrected chi connectivity index (χ0v) is 16.4. The number of anilines is 1. The summed E-state index contributed by atoms with van der Waals surface area (Å²) >= 11 is 0. The van der Waals surface area contributed by atoms with E-state index in [1.807, 2.05) is 6.07 Å². The molecule has 6 rings (SSSR count). The van der Waals surface area contributed by atoms with Gasteiger partial charge in [0.15, 0.2) is 0 Å². The molecule has 3 atom stereocenters. The van der Waals surface area contributed by atoms with E-state index in [4.69, 9.17) is 0 Å². The molecule has 30 heavy (non-hydrogen) atoms. The van der Waals surface area contributed by atoms with Crippen molar-refractivity contribution in [3.05, 3.63) is 113 Å². The van der Waals surface area contributed by atoms with Crippen molar-refractivity contribution in [3.63, 3.8) is 0 Å². The van der Waals surface area contributed by atoms with Gasteiger partial charge in [0.25, 0.3) is 0 Å². The maximum absolute atomic E-state index is 12.0. The normalized spacial score (nSPS) is 21.4. The average Bonchev–Trinajstić information content (AvgIpc) is 3.17. The molecule has 0 saturated carbocycles. The van der Waals surface area contributed by atoms with Crippen molar-refractivity contribution < 1.29 is 9.90 Å². The predicted molar refractivity (Wildman–Crippen MR) is 119 cm³/mol. The van der Waals surface area contributed by atoms with E-state index in [1.165, 1.54) is 27.5 Å². The number of benzene rings is 4. The van der Waals surface area contributed by atoms with Gasteiger partial charge in [0.2, 0.25) is 0 Å². The van der Waals surface area contributed by atoms with Gasteiger partial charge in [-0.2, -0.15) is 0 Å². The molecule has 2 aliphatic rings. The molecule has 4 aromatic carbocycles. The van der Waals surface area contributed by atoms with Crippen molar-refractivity contribution in [2.24, 2.45) is 5.92 Å². The van der Waals surface area contributed by atoms with Gasteiger partial charge in [0.1, 0.15) is 0 Å². The highest BCUT2D eigenvalue weighted by atomic mass is 16.4. The Balaban J connectivity index is 1.61. The van der Waals surface area contributed by atoms with Gasteiger partial charge < -0.3 is 10.4 Å². The molecule has 0 unspecified atom stereocenters. The largest absolute Gasteiger partial charge is 0.478 e. The smallest absolute Gasteiger partial charge is 0.337 e. The van der Waals surface area contributed by atoms with Crippen LogP contribution in [-0.4, -0.2) is 11.1 Å². The van der Waals surface area contributed by atoms with Gasteiger partial charge in [-0.1, -0.05) is 78.9 Å². The lowest BCUT2D eigenvalue weighted by Gasteiger charge is -2.39. The number of hydrogen-bond acceptors (Lipinski definition) is 2. The summed E-state index contributed by atoms with van der Waals surface area (Å²) in [6.45, 7) is 0. The first kappa shape index (κ1) is 17.3. The van der Waals surface area contributed by atoms with Gasteiger partial charge in [0, 0.05) is 5.92 Å². The van der Waals surface area contributed by atoms with Crippen molar-refractivity contribution in [1.82, 2.24) is 0 Å². The second kappa shape index (κ2) is 6.46. The fourth-order valence-corrected chi connectivity index (χ4v) is 5.60. The van der Waals surface area contributed by atoms with Crippen LogP contribution < -0.4 is 5.32 Å². The van der Waals surface area contributed by atoms with Crippen LogP contribution in [0.2, 0.25) is 0 Å². The first-order chi connectivity index (χ1) is 14.7. The maximum atomic E-state index is 12.0. The number of carboxylic acids is 1. The number of para-hydroxylation sites is 1. The minimum atomic E-state index is -0.888. The zero-order valence-electron chi connectivity index (χ0n) is 16.4. The molecule has 0 fully saturated rings. The maximum Gasteiger partial charge on any atom is 0.337 e. The molecule has 146 valence electrons. The standard InChI is InChI=1S/C27H21NO2/c29-27(30)22-14-6-13-21-24-19-11-4-2-8-17(19)15-23(24)25(28-26(21)22)20-12-5-9-16-7-1-3-10-18(16)20/h1-14,23-25,28H,15H2,(H,29,30)/t23-,24-,25-/m1/s1. The topological polar surface area (TPSA) is 49.3 Å². The fraction of sp³-hybridized carbons (Fsp3) is 0.148. The molecule has 0 bridgehead atoms. The number of fused-ring (bicyclic) bond motifs is 6. The summed E-state index contributed by atoms with van der Waals surface area (Å²) in [6.07, 6.45) is 0.985. The first-order valence-corrected chi connectivity index (χ1v) is 10.4. The molecule has 1 heterocycles. The average molecular weight is 391 g/mol. The van der Waals surface area contributed by atoms with Crippen molar-refractivity contribution in [1.29, 1.82) is 0 Å². The first-order valence-electron chi connectivity index (χ1n) is 10.4. The van der Waals surface area contributed by atoms with Crippen LogP contribution in [0, 0.1) is 5.92 Å². The van der Waals surface area contributed by atoms with Gasteiger partial charge in [-0.3, -0.25) is 0 Å². The summed E-state index contributed by atoms with van der Waals surface area (Å²) in [4.78, 5) is 12.0. The van der Waals surface area contributed by atoms with E-state index in [0.29, 0.717) is 11.5 Å². The molecule has 1 aliphatic heterocycles. The molecule has 0 aromatic heterocycles. The number of carbonyl (C=O) groups is 1. The summed E-state index contributed by atoms with van der Waals surface area (Å²) in [6, 6.07) is 29.2. The van der Waals surface area contributed by atoms with E-state index in [1.54, 1.807) is 6.07 Å². The molecule has 0 saturated heterocycles. The van der Waals surface area contributed by atoms with Gasteiger partial charge >= 0.3 is 5.97 Å². The van der Waals surface area contributed by atoms with Crippen LogP contribution in [0.4, 0.5) is 5.69 Å². The SMILES string of the molecule is O=C(O)c1cccc2c1N[C@H](c1cccc3ccccc13)[C@@H]1Cc3ccccc3[C@H]21. The van der Waals surface area contributed by atoms with Crippen molar-refractivity contribution in [2.45, 2.75) is 18.4 Å². The Hall–Kier alpha value is -3.59. The van der Waals surface area contributed by atoms with Crippen LogP contribution in [0.15, 0.2) is 84.9 Å². The second-order valence-electron chi connectivity index (χ2n) is 8.31. The molecule has 0 amide bonds. The van der Waals surface area contributed by atoms with Gasteiger partial charge in [-0.15, -0.1) is 0 Å². The Morgan fingerprint density at radius 1 is 0.800 bits per heavy atom. The number of nitrogens with one attached hydrogen (secondary N) is 1. The Morgan fingerprint density at radius 3 is 2.40 bits per heavy atom.